The van der Waals surface area contributed by atoms with E-state index in [1.54, 1.807) is 16.7 Å². The quantitative estimate of drug-likeness (QED) is 0.190. The Morgan fingerprint density at radius 3 is 2.30 bits per heavy atom. The number of rotatable bonds is 9. The highest BCUT2D eigenvalue weighted by Gasteiger charge is 2.22. The summed E-state index contributed by atoms with van der Waals surface area (Å²) in [5.74, 6) is 0.295. The van der Waals surface area contributed by atoms with E-state index >= 15 is 0 Å². The van der Waals surface area contributed by atoms with Gasteiger partial charge in [0.2, 0.25) is 0 Å². The van der Waals surface area contributed by atoms with E-state index in [1.165, 1.54) is 0 Å². The topological polar surface area (TPSA) is 91.9 Å². The SMILES string of the molecule is CCCCCCn1c(C)nc2c(c1=O)c1nc3ccccc3nc1n2-c1ccc(C(=O)OCCC)cc1. The predicted octanol–water partition coefficient (Wildman–Crippen LogP) is 5.74. The van der Waals surface area contributed by atoms with E-state index in [0.29, 0.717) is 46.7 Å². The minimum atomic E-state index is -0.360. The first-order valence-electron chi connectivity index (χ1n) is 13.0. The summed E-state index contributed by atoms with van der Waals surface area (Å²) in [5.41, 5.74) is 4.15. The van der Waals surface area contributed by atoms with Crippen LogP contribution in [0.15, 0.2) is 53.3 Å². The number of ether oxygens (including phenoxy) is 1. The Hall–Kier alpha value is -4.07. The number of para-hydroxylation sites is 2. The van der Waals surface area contributed by atoms with Crippen molar-refractivity contribution in [2.75, 3.05) is 6.61 Å². The molecule has 0 atom stereocenters. The largest absolute Gasteiger partial charge is 0.462 e. The molecule has 0 aliphatic carbocycles. The number of hydrogen-bond donors (Lipinski definition) is 0. The molecule has 0 bridgehead atoms. The number of fused-ring (bicyclic) bond motifs is 4. The van der Waals surface area contributed by atoms with Crippen LogP contribution in [0.3, 0.4) is 0 Å². The van der Waals surface area contributed by atoms with Crippen LogP contribution in [-0.4, -0.2) is 36.7 Å². The zero-order chi connectivity index (χ0) is 25.9. The van der Waals surface area contributed by atoms with Crippen molar-refractivity contribution in [2.45, 2.75) is 59.4 Å². The van der Waals surface area contributed by atoms with Gasteiger partial charge in [-0.3, -0.25) is 13.9 Å². The molecule has 0 aliphatic heterocycles. The van der Waals surface area contributed by atoms with Gasteiger partial charge in [0.15, 0.2) is 11.3 Å². The summed E-state index contributed by atoms with van der Waals surface area (Å²) >= 11 is 0. The molecule has 0 amide bonds. The number of aryl methyl sites for hydroxylation is 1. The third kappa shape index (κ3) is 4.59. The molecule has 3 heterocycles. The number of nitrogens with zero attached hydrogens (tertiary/aromatic N) is 5. The fourth-order valence-corrected chi connectivity index (χ4v) is 4.66. The van der Waals surface area contributed by atoms with Crippen LogP contribution in [0, 0.1) is 6.92 Å². The van der Waals surface area contributed by atoms with Crippen LogP contribution in [0.25, 0.3) is 38.9 Å². The van der Waals surface area contributed by atoms with Gasteiger partial charge >= 0.3 is 5.97 Å². The van der Waals surface area contributed by atoms with Gasteiger partial charge in [-0.15, -0.1) is 0 Å². The number of hydrogen-bond acceptors (Lipinski definition) is 6. The van der Waals surface area contributed by atoms with Gasteiger partial charge in [-0.05, 0) is 56.2 Å². The Morgan fingerprint density at radius 2 is 1.59 bits per heavy atom. The maximum atomic E-state index is 13.8. The molecule has 0 spiro atoms. The molecule has 0 aliphatic rings. The second-order valence-electron chi connectivity index (χ2n) is 9.28. The molecule has 0 saturated carbocycles. The molecule has 5 aromatic rings. The lowest BCUT2D eigenvalue weighted by molar-refractivity contribution is 0.0505. The highest BCUT2D eigenvalue weighted by molar-refractivity contribution is 6.06. The van der Waals surface area contributed by atoms with Crippen LogP contribution in [0.2, 0.25) is 0 Å². The smallest absolute Gasteiger partial charge is 0.338 e. The lowest BCUT2D eigenvalue weighted by Crippen LogP contribution is -2.24. The summed E-state index contributed by atoms with van der Waals surface area (Å²) in [6.07, 6.45) is 5.03. The number of carbonyl (C=O) groups excluding carboxylic acids is 1. The maximum Gasteiger partial charge on any atom is 0.338 e. The molecule has 2 aromatic carbocycles. The molecule has 37 heavy (non-hydrogen) atoms. The van der Waals surface area contributed by atoms with E-state index in [0.717, 1.165) is 48.8 Å². The maximum absolute atomic E-state index is 13.8. The molecule has 190 valence electrons. The van der Waals surface area contributed by atoms with Crippen molar-refractivity contribution in [1.82, 2.24) is 24.1 Å². The minimum Gasteiger partial charge on any atom is -0.462 e. The van der Waals surface area contributed by atoms with Gasteiger partial charge in [-0.1, -0.05) is 45.2 Å². The van der Waals surface area contributed by atoms with Gasteiger partial charge in [0.25, 0.3) is 5.56 Å². The molecular weight excluding hydrogens is 466 g/mol. The van der Waals surface area contributed by atoms with Gasteiger partial charge in [0.05, 0.1) is 23.2 Å². The van der Waals surface area contributed by atoms with Crippen molar-refractivity contribution in [3.05, 3.63) is 70.3 Å². The normalized spacial score (nSPS) is 11.5. The third-order valence-corrected chi connectivity index (χ3v) is 6.59. The highest BCUT2D eigenvalue weighted by Crippen LogP contribution is 2.29. The fourth-order valence-electron chi connectivity index (χ4n) is 4.66. The van der Waals surface area contributed by atoms with Gasteiger partial charge in [-0.2, -0.15) is 0 Å². The zero-order valence-electron chi connectivity index (χ0n) is 21.5. The summed E-state index contributed by atoms with van der Waals surface area (Å²) in [6.45, 7) is 6.99. The number of benzene rings is 2. The Balaban J connectivity index is 1.71. The Bertz CT molecular complexity index is 1650. The fraction of sp³-hybridized carbons (Fsp3) is 0.345. The number of carbonyl (C=O) groups is 1. The summed E-state index contributed by atoms with van der Waals surface area (Å²) < 4.78 is 8.88. The average Bonchev–Trinajstić information content (AvgIpc) is 3.22. The second kappa shape index (κ2) is 10.5. The molecule has 8 heteroatoms. The number of esters is 1. The summed E-state index contributed by atoms with van der Waals surface area (Å²) in [7, 11) is 0. The number of aromatic nitrogens is 5. The van der Waals surface area contributed by atoms with Crippen LogP contribution in [0.4, 0.5) is 0 Å². The highest BCUT2D eigenvalue weighted by atomic mass is 16.5. The molecule has 0 fully saturated rings. The first-order chi connectivity index (χ1) is 18.0. The van der Waals surface area contributed by atoms with Crippen molar-refractivity contribution < 1.29 is 9.53 Å². The van der Waals surface area contributed by atoms with Gasteiger partial charge < -0.3 is 4.74 Å². The van der Waals surface area contributed by atoms with Crippen molar-refractivity contribution in [3.8, 4) is 5.69 Å². The summed E-state index contributed by atoms with van der Waals surface area (Å²) in [5, 5.41) is 0.459. The lowest BCUT2D eigenvalue weighted by atomic mass is 10.2. The molecule has 0 N–H and O–H groups in total. The molecule has 0 radical (unpaired) electrons. The molecule has 0 unspecified atom stereocenters. The average molecular weight is 498 g/mol. The Kier molecular flexibility index (Phi) is 6.99. The molecule has 0 saturated heterocycles. The van der Waals surface area contributed by atoms with Crippen LogP contribution in [-0.2, 0) is 11.3 Å². The molecule has 5 rings (SSSR count). The summed E-state index contributed by atoms with van der Waals surface area (Å²) in [4.78, 5) is 40.8. The van der Waals surface area contributed by atoms with E-state index in [2.05, 4.69) is 6.92 Å². The second-order valence-corrected chi connectivity index (χ2v) is 9.28. The van der Waals surface area contributed by atoms with Crippen molar-refractivity contribution in [3.63, 3.8) is 0 Å². The standard InChI is InChI=1S/C29H31N5O3/c1-4-6-7-10-17-33-19(3)30-26-24(28(33)35)25-27(32-23-12-9-8-11-22(23)31-25)34(26)21-15-13-20(14-16-21)29(36)37-18-5-2/h8-9,11-16H,4-7,10,17-18H2,1-3H3. The molecule has 8 nitrogen and oxygen atoms in total. The van der Waals surface area contributed by atoms with E-state index in [-0.39, 0.29) is 11.5 Å². The van der Waals surface area contributed by atoms with Gasteiger partial charge in [-0.25, -0.2) is 19.7 Å². The third-order valence-electron chi connectivity index (χ3n) is 6.59. The molecule has 3 aromatic heterocycles. The van der Waals surface area contributed by atoms with Crippen molar-refractivity contribution in [2.24, 2.45) is 0 Å². The number of unbranched alkanes of at least 4 members (excludes halogenated alkanes) is 3. The van der Waals surface area contributed by atoms with Gasteiger partial charge in [0, 0.05) is 12.2 Å². The van der Waals surface area contributed by atoms with E-state index in [9.17, 15) is 9.59 Å². The van der Waals surface area contributed by atoms with Crippen LogP contribution >= 0.6 is 0 Å². The summed E-state index contributed by atoms with van der Waals surface area (Å²) in [6, 6.07) is 14.7. The first-order valence-corrected chi connectivity index (χ1v) is 13.0. The van der Waals surface area contributed by atoms with Crippen LogP contribution < -0.4 is 5.56 Å². The van der Waals surface area contributed by atoms with Crippen LogP contribution in [0.1, 0.15) is 62.1 Å². The van der Waals surface area contributed by atoms with Crippen molar-refractivity contribution in [1.29, 1.82) is 0 Å². The van der Waals surface area contributed by atoms with E-state index in [1.807, 2.05) is 54.8 Å². The Labute approximate surface area is 214 Å². The zero-order valence-corrected chi connectivity index (χ0v) is 21.5. The van der Waals surface area contributed by atoms with E-state index < -0.39 is 0 Å². The molecular formula is C29H31N5O3. The van der Waals surface area contributed by atoms with E-state index in [4.69, 9.17) is 19.7 Å². The monoisotopic (exact) mass is 497 g/mol. The predicted molar refractivity (Wildman–Crippen MR) is 145 cm³/mol. The van der Waals surface area contributed by atoms with Crippen molar-refractivity contribution >= 4 is 39.2 Å². The first kappa shape index (κ1) is 24.6. The van der Waals surface area contributed by atoms with Gasteiger partial charge in [0.1, 0.15) is 16.7 Å². The Morgan fingerprint density at radius 1 is 0.865 bits per heavy atom. The minimum absolute atomic E-state index is 0.105. The lowest BCUT2D eigenvalue weighted by Gasteiger charge is -2.11. The van der Waals surface area contributed by atoms with Crippen LogP contribution in [0.5, 0.6) is 0 Å².